The minimum Gasteiger partial charge on any atom is -0.492 e. The number of ether oxygens (including phenoxy) is 1. The number of hydrazine groups is 1. The highest BCUT2D eigenvalue weighted by molar-refractivity contribution is 5.94. The molecular formula is C14H16N4O2. The summed E-state index contributed by atoms with van der Waals surface area (Å²) in [7, 11) is 0. The molecule has 0 saturated heterocycles. The van der Waals surface area contributed by atoms with Gasteiger partial charge in [-0.15, -0.1) is 0 Å². The Kier molecular flexibility index (Phi) is 4.91. The third kappa shape index (κ3) is 3.96. The molecule has 6 nitrogen and oxygen atoms in total. The second-order valence-corrected chi connectivity index (χ2v) is 3.99. The number of anilines is 1. The lowest BCUT2D eigenvalue weighted by atomic mass is 10.2. The number of pyridine rings is 1. The van der Waals surface area contributed by atoms with E-state index in [2.05, 4.69) is 15.7 Å². The van der Waals surface area contributed by atoms with Crippen LogP contribution in [-0.2, 0) is 0 Å². The van der Waals surface area contributed by atoms with Crippen molar-refractivity contribution in [2.24, 2.45) is 5.84 Å². The summed E-state index contributed by atoms with van der Waals surface area (Å²) in [4.78, 5) is 15.8. The molecule has 0 radical (unpaired) electrons. The van der Waals surface area contributed by atoms with E-state index >= 15 is 0 Å². The van der Waals surface area contributed by atoms with Gasteiger partial charge < -0.3 is 15.5 Å². The van der Waals surface area contributed by atoms with Crippen LogP contribution in [0, 0.1) is 0 Å². The first kappa shape index (κ1) is 13.8. The molecular weight excluding hydrogens is 256 g/mol. The molecule has 0 aliphatic carbocycles. The number of nitrogen functional groups attached to an aromatic ring is 1. The Balaban J connectivity index is 1.77. The van der Waals surface area contributed by atoms with E-state index in [9.17, 15) is 4.79 Å². The maximum Gasteiger partial charge on any atom is 0.251 e. The smallest absolute Gasteiger partial charge is 0.251 e. The Hall–Kier alpha value is -2.60. The number of nitrogens with zero attached hydrogens (tertiary/aromatic N) is 1. The van der Waals surface area contributed by atoms with Crippen molar-refractivity contribution >= 4 is 11.7 Å². The van der Waals surface area contributed by atoms with E-state index in [1.807, 2.05) is 30.3 Å². The molecule has 20 heavy (non-hydrogen) atoms. The summed E-state index contributed by atoms with van der Waals surface area (Å²) in [5.41, 5.74) is 2.89. The minimum absolute atomic E-state index is 0.194. The molecule has 6 heteroatoms. The highest BCUT2D eigenvalue weighted by atomic mass is 16.5. The molecule has 0 aliphatic rings. The van der Waals surface area contributed by atoms with Crippen molar-refractivity contribution in [2.75, 3.05) is 18.6 Å². The molecule has 1 aromatic carbocycles. The number of carbonyl (C=O) groups is 1. The fraction of sp³-hybridized carbons (Fsp3) is 0.143. The van der Waals surface area contributed by atoms with E-state index < -0.39 is 0 Å². The van der Waals surface area contributed by atoms with Gasteiger partial charge in [0.25, 0.3) is 5.91 Å². The predicted octanol–water partition coefficient (Wildman–Crippen LogP) is 1.18. The van der Waals surface area contributed by atoms with Crippen LogP contribution < -0.4 is 21.3 Å². The van der Waals surface area contributed by atoms with Crippen molar-refractivity contribution in [3.8, 4) is 5.75 Å². The van der Waals surface area contributed by atoms with Crippen LogP contribution >= 0.6 is 0 Å². The maximum atomic E-state index is 11.9. The van der Waals surface area contributed by atoms with Gasteiger partial charge in [0, 0.05) is 11.8 Å². The average Bonchev–Trinajstić information content (AvgIpc) is 2.52. The molecule has 2 aromatic rings. The van der Waals surface area contributed by atoms with Crippen LogP contribution in [0.5, 0.6) is 5.75 Å². The molecule has 0 fully saturated rings. The second kappa shape index (κ2) is 7.10. The normalized spacial score (nSPS) is 9.85. The zero-order valence-electron chi connectivity index (χ0n) is 10.9. The first-order valence-corrected chi connectivity index (χ1v) is 6.18. The van der Waals surface area contributed by atoms with Crippen LogP contribution in [0.3, 0.4) is 0 Å². The van der Waals surface area contributed by atoms with Gasteiger partial charge in [0.05, 0.1) is 6.54 Å². The van der Waals surface area contributed by atoms with Gasteiger partial charge in [0.2, 0.25) is 0 Å². The van der Waals surface area contributed by atoms with Gasteiger partial charge in [-0.05, 0) is 24.3 Å². The van der Waals surface area contributed by atoms with Crippen molar-refractivity contribution in [3.05, 3.63) is 54.2 Å². The van der Waals surface area contributed by atoms with Gasteiger partial charge in [0.1, 0.15) is 18.2 Å². The molecule has 0 atom stereocenters. The van der Waals surface area contributed by atoms with Crippen molar-refractivity contribution < 1.29 is 9.53 Å². The zero-order valence-corrected chi connectivity index (χ0v) is 10.9. The molecule has 0 bridgehead atoms. The lowest BCUT2D eigenvalue weighted by Gasteiger charge is -2.08. The lowest BCUT2D eigenvalue weighted by molar-refractivity contribution is 0.0947. The summed E-state index contributed by atoms with van der Waals surface area (Å²) in [6.07, 6.45) is 1.52. The molecule has 4 N–H and O–H groups in total. The second-order valence-electron chi connectivity index (χ2n) is 3.99. The number of hydrogen-bond acceptors (Lipinski definition) is 5. The standard InChI is InChI=1S/C14H16N4O2/c15-18-13-10-11(6-7-16-13)14(19)17-8-9-20-12-4-2-1-3-5-12/h1-7,10H,8-9,15H2,(H,16,18)(H,17,19). The summed E-state index contributed by atoms with van der Waals surface area (Å²) in [6, 6.07) is 12.6. The first-order chi connectivity index (χ1) is 9.79. The van der Waals surface area contributed by atoms with Crippen LogP contribution in [0.25, 0.3) is 0 Å². The van der Waals surface area contributed by atoms with Crippen molar-refractivity contribution in [1.29, 1.82) is 0 Å². The van der Waals surface area contributed by atoms with Gasteiger partial charge in [-0.1, -0.05) is 18.2 Å². The predicted molar refractivity (Wildman–Crippen MR) is 76.3 cm³/mol. The van der Waals surface area contributed by atoms with Crippen LogP contribution in [-0.4, -0.2) is 24.0 Å². The quantitative estimate of drug-likeness (QED) is 0.417. The number of para-hydroxylation sites is 1. The van der Waals surface area contributed by atoms with Crippen molar-refractivity contribution in [1.82, 2.24) is 10.3 Å². The molecule has 0 unspecified atom stereocenters. The number of nitrogens with two attached hydrogens (primary N) is 1. The fourth-order valence-corrected chi connectivity index (χ4v) is 1.60. The Morgan fingerprint density at radius 2 is 2.05 bits per heavy atom. The lowest BCUT2D eigenvalue weighted by Crippen LogP contribution is -2.28. The van der Waals surface area contributed by atoms with Crippen molar-refractivity contribution in [3.63, 3.8) is 0 Å². The summed E-state index contributed by atoms with van der Waals surface area (Å²) < 4.78 is 5.48. The van der Waals surface area contributed by atoms with Crippen LogP contribution in [0.2, 0.25) is 0 Å². The molecule has 1 heterocycles. The maximum absolute atomic E-state index is 11.9. The number of carbonyl (C=O) groups excluding carboxylic acids is 1. The van der Waals surface area contributed by atoms with E-state index in [0.29, 0.717) is 24.5 Å². The Labute approximate surface area is 116 Å². The highest BCUT2D eigenvalue weighted by Gasteiger charge is 2.05. The van der Waals surface area contributed by atoms with Crippen LogP contribution in [0.4, 0.5) is 5.82 Å². The number of hydrogen-bond donors (Lipinski definition) is 3. The number of benzene rings is 1. The number of rotatable bonds is 6. The minimum atomic E-state index is -0.194. The third-order valence-electron chi connectivity index (χ3n) is 2.57. The topological polar surface area (TPSA) is 89.3 Å². The zero-order chi connectivity index (χ0) is 14.2. The van der Waals surface area contributed by atoms with Gasteiger partial charge >= 0.3 is 0 Å². The van der Waals surface area contributed by atoms with Crippen LogP contribution in [0.15, 0.2) is 48.7 Å². The largest absolute Gasteiger partial charge is 0.492 e. The van der Waals surface area contributed by atoms with Crippen LogP contribution in [0.1, 0.15) is 10.4 Å². The third-order valence-corrected chi connectivity index (χ3v) is 2.57. The SMILES string of the molecule is NNc1cc(C(=O)NCCOc2ccccc2)ccn1. The number of aromatic nitrogens is 1. The average molecular weight is 272 g/mol. The summed E-state index contributed by atoms with van der Waals surface area (Å²) in [6.45, 7) is 0.824. The first-order valence-electron chi connectivity index (χ1n) is 6.18. The molecule has 0 spiro atoms. The monoisotopic (exact) mass is 272 g/mol. The van der Waals surface area contributed by atoms with Gasteiger partial charge in [-0.2, -0.15) is 0 Å². The summed E-state index contributed by atoms with van der Waals surface area (Å²) >= 11 is 0. The van der Waals surface area contributed by atoms with Gasteiger partial charge in [-0.3, -0.25) is 4.79 Å². The van der Waals surface area contributed by atoms with Crippen molar-refractivity contribution in [2.45, 2.75) is 0 Å². The molecule has 1 aromatic heterocycles. The summed E-state index contributed by atoms with van der Waals surface area (Å²) in [5.74, 6) is 6.27. The van der Waals surface area contributed by atoms with Gasteiger partial charge in [-0.25, -0.2) is 10.8 Å². The Morgan fingerprint density at radius 3 is 2.80 bits per heavy atom. The Morgan fingerprint density at radius 1 is 1.25 bits per heavy atom. The molecule has 104 valence electrons. The van der Waals surface area contributed by atoms with E-state index in [0.717, 1.165) is 5.75 Å². The number of nitrogens with one attached hydrogen (secondary N) is 2. The summed E-state index contributed by atoms with van der Waals surface area (Å²) in [5, 5.41) is 2.76. The number of amides is 1. The Bertz CT molecular complexity index is 560. The van der Waals surface area contributed by atoms with Gasteiger partial charge in [0.15, 0.2) is 0 Å². The van der Waals surface area contributed by atoms with E-state index in [4.69, 9.17) is 10.6 Å². The molecule has 1 amide bonds. The molecule has 0 aliphatic heterocycles. The molecule has 0 saturated carbocycles. The fourth-order valence-electron chi connectivity index (χ4n) is 1.60. The van der Waals surface area contributed by atoms with E-state index in [1.54, 1.807) is 12.1 Å². The molecule has 2 rings (SSSR count). The van der Waals surface area contributed by atoms with E-state index in [1.165, 1.54) is 6.20 Å². The highest BCUT2D eigenvalue weighted by Crippen LogP contribution is 2.07. The van der Waals surface area contributed by atoms with E-state index in [-0.39, 0.29) is 5.91 Å².